The average Bonchev–Trinajstić information content (AvgIpc) is 2.71. The highest BCUT2D eigenvalue weighted by atomic mass is 16.5. The maximum absolute atomic E-state index is 12.7. The van der Waals surface area contributed by atoms with Crippen molar-refractivity contribution in [1.82, 2.24) is 10.2 Å². The van der Waals surface area contributed by atoms with E-state index in [2.05, 4.69) is 15.5 Å². The second-order valence-electron chi connectivity index (χ2n) is 7.39. The van der Waals surface area contributed by atoms with Gasteiger partial charge < -0.3 is 25.4 Å². The largest absolute Gasteiger partial charge is 0.511 e. The van der Waals surface area contributed by atoms with Gasteiger partial charge in [-0.3, -0.25) is 9.59 Å². The lowest BCUT2D eigenvalue weighted by atomic mass is 9.85. The molecular formula is C22H23N3O4. The number of rotatable bonds is 4. The highest BCUT2D eigenvalue weighted by molar-refractivity contribution is 6.23. The molecule has 3 N–H and O–H groups in total. The van der Waals surface area contributed by atoms with Crippen LogP contribution in [0.4, 0.5) is 5.69 Å². The Kier molecular flexibility index (Phi) is 5.22. The van der Waals surface area contributed by atoms with Crippen LogP contribution in [0.25, 0.3) is 0 Å². The van der Waals surface area contributed by atoms with Gasteiger partial charge in [-0.05, 0) is 56.4 Å². The van der Waals surface area contributed by atoms with Crippen molar-refractivity contribution in [2.75, 3.05) is 25.5 Å². The Labute approximate surface area is 169 Å². The third-order valence-corrected chi connectivity index (χ3v) is 5.28. The van der Waals surface area contributed by atoms with Crippen molar-refractivity contribution in [3.63, 3.8) is 0 Å². The van der Waals surface area contributed by atoms with Gasteiger partial charge in [-0.25, -0.2) is 0 Å². The fourth-order valence-electron chi connectivity index (χ4n) is 3.75. The first-order valence-electron chi connectivity index (χ1n) is 9.58. The molecule has 29 heavy (non-hydrogen) atoms. The Balaban J connectivity index is 1.47. The quantitative estimate of drug-likeness (QED) is 0.695. The minimum atomic E-state index is -0.622. The van der Waals surface area contributed by atoms with Crippen molar-refractivity contribution in [2.24, 2.45) is 5.92 Å². The van der Waals surface area contributed by atoms with Gasteiger partial charge in [0.05, 0.1) is 5.92 Å². The van der Waals surface area contributed by atoms with Gasteiger partial charge in [-0.2, -0.15) is 0 Å². The van der Waals surface area contributed by atoms with E-state index in [1.807, 2.05) is 37.4 Å². The van der Waals surface area contributed by atoms with Crippen LogP contribution in [0.15, 0.2) is 65.9 Å². The van der Waals surface area contributed by atoms with Crippen LogP contribution in [-0.4, -0.2) is 48.0 Å². The Morgan fingerprint density at radius 3 is 2.55 bits per heavy atom. The van der Waals surface area contributed by atoms with Crippen LogP contribution in [0, 0.1) is 5.92 Å². The van der Waals surface area contributed by atoms with Crippen molar-refractivity contribution in [1.29, 1.82) is 0 Å². The van der Waals surface area contributed by atoms with E-state index in [0.717, 1.165) is 13.0 Å². The number of hydrogen-bond donors (Lipinski definition) is 3. The zero-order valence-corrected chi connectivity index (χ0v) is 16.1. The predicted octanol–water partition coefficient (Wildman–Crippen LogP) is 2.68. The number of benzene rings is 2. The van der Waals surface area contributed by atoms with Crippen LogP contribution in [0.3, 0.4) is 0 Å². The number of nitrogens with zero attached hydrogens (tertiary/aromatic N) is 1. The van der Waals surface area contributed by atoms with E-state index in [-0.39, 0.29) is 23.3 Å². The summed E-state index contributed by atoms with van der Waals surface area (Å²) in [6.45, 7) is 1.44. The number of ether oxygens (including phenoxy) is 1. The summed E-state index contributed by atoms with van der Waals surface area (Å²) in [6.07, 6.45) is 0.745. The molecule has 2 aliphatic heterocycles. The number of carbonyl (C=O) groups excluding carboxylic acids is 2. The Morgan fingerprint density at radius 2 is 1.83 bits per heavy atom. The predicted molar refractivity (Wildman–Crippen MR) is 109 cm³/mol. The molecule has 7 heteroatoms. The summed E-state index contributed by atoms with van der Waals surface area (Å²) in [4.78, 5) is 27.2. The van der Waals surface area contributed by atoms with Gasteiger partial charge in [0, 0.05) is 18.3 Å². The molecular weight excluding hydrogens is 370 g/mol. The molecule has 2 aromatic rings. The highest BCUT2D eigenvalue weighted by Gasteiger charge is 2.41. The minimum Gasteiger partial charge on any atom is -0.511 e. The Morgan fingerprint density at radius 1 is 1.14 bits per heavy atom. The number of piperidine rings is 1. The van der Waals surface area contributed by atoms with E-state index in [1.165, 1.54) is 0 Å². The van der Waals surface area contributed by atoms with Crippen LogP contribution in [0.1, 0.15) is 6.42 Å². The van der Waals surface area contributed by atoms with Crippen LogP contribution < -0.4 is 15.4 Å². The summed E-state index contributed by atoms with van der Waals surface area (Å²) in [6, 6.07) is 16.1. The van der Waals surface area contributed by atoms with Crippen molar-refractivity contribution < 1.29 is 19.4 Å². The number of nitrogens with one attached hydrogen (secondary N) is 2. The van der Waals surface area contributed by atoms with Crippen LogP contribution in [0.5, 0.6) is 11.5 Å². The summed E-state index contributed by atoms with van der Waals surface area (Å²) in [5, 5.41) is 16.2. The summed E-state index contributed by atoms with van der Waals surface area (Å²) >= 11 is 0. The SMILES string of the molecule is CN1CCC2NC(=O)C(C(=O)Nc3ccc(Oc4ccccc4)cc3)=C(O)C2C1. The molecule has 2 aromatic carbocycles. The summed E-state index contributed by atoms with van der Waals surface area (Å²) in [5.41, 5.74) is 0.289. The molecule has 0 radical (unpaired) electrons. The van der Waals surface area contributed by atoms with E-state index < -0.39 is 11.8 Å². The lowest BCUT2D eigenvalue weighted by Gasteiger charge is -2.39. The van der Waals surface area contributed by atoms with Gasteiger partial charge in [0.15, 0.2) is 0 Å². The monoisotopic (exact) mass is 393 g/mol. The van der Waals surface area contributed by atoms with E-state index in [1.54, 1.807) is 24.3 Å². The number of likely N-dealkylation sites (tertiary alicyclic amines) is 1. The maximum Gasteiger partial charge on any atom is 0.264 e. The molecule has 150 valence electrons. The van der Waals surface area contributed by atoms with E-state index >= 15 is 0 Å². The number of fused-ring (bicyclic) bond motifs is 1. The lowest BCUT2D eigenvalue weighted by Crippen LogP contribution is -2.55. The molecule has 0 bridgehead atoms. The van der Waals surface area contributed by atoms with Gasteiger partial charge in [0.1, 0.15) is 22.8 Å². The van der Waals surface area contributed by atoms with Gasteiger partial charge in [-0.15, -0.1) is 0 Å². The van der Waals surface area contributed by atoms with Crippen LogP contribution in [-0.2, 0) is 9.59 Å². The van der Waals surface area contributed by atoms with Crippen molar-refractivity contribution in [3.8, 4) is 11.5 Å². The van der Waals surface area contributed by atoms with E-state index in [4.69, 9.17) is 4.74 Å². The molecule has 0 saturated carbocycles. The topological polar surface area (TPSA) is 90.9 Å². The van der Waals surface area contributed by atoms with Gasteiger partial charge in [-0.1, -0.05) is 18.2 Å². The zero-order valence-electron chi connectivity index (χ0n) is 16.1. The summed E-state index contributed by atoms with van der Waals surface area (Å²) in [5.74, 6) is -0.219. The number of carbonyl (C=O) groups is 2. The lowest BCUT2D eigenvalue weighted by molar-refractivity contribution is -0.124. The number of anilines is 1. The molecule has 7 nitrogen and oxygen atoms in total. The minimum absolute atomic E-state index is 0.133. The first-order chi connectivity index (χ1) is 14.0. The van der Waals surface area contributed by atoms with Crippen molar-refractivity contribution >= 4 is 17.5 Å². The number of amides is 2. The number of aliphatic hydroxyl groups is 1. The fraction of sp³-hybridized carbons (Fsp3) is 0.273. The molecule has 2 aliphatic rings. The number of para-hydroxylation sites is 1. The first-order valence-corrected chi connectivity index (χ1v) is 9.58. The maximum atomic E-state index is 12.7. The van der Waals surface area contributed by atoms with Crippen molar-refractivity contribution in [2.45, 2.75) is 12.5 Å². The first kappa shape index (κ1) is 19.0. The molecule has 1 fully saturated rings. The Bertz CT molecular complexity index is 940. The molecule has 0 aromatic heterocycles. The number of hydrogen-bond acceptors (Lipinski definition) is 5. The van der Waals surface area contributed by atoms with E-state index in [9.17, 15) is 14.7 Å². The molecule has 4 rings (SSSR count). The van der Waals surface area contributed by atoms with Crippen LogP contribution in [0.2, 0.25) is 0 Å². The molecule has 2 heterocycles. The Hall–Kier alpha value is -3.32. The van der Waals surface area contributed by atoms with Crippen molar-refractivity contribution in [3.05, 3.63) is 65.9 Å². The average molecular weight is 393 g/mol. The second kappa shape index (κ2) is 7.97. The molecule has 2 atom stereocenters. The van der Waals surface area contributed by atoms with Gasteiger partial charge in [0.25, 0.3) is 11.8 Å². The molecule has 2 amide bonds. The van der Waals surface area contributed by atoms with Gasteiger partial charge >= 0.3 is 0 Å². The third kappa shape index (κ3) is 4.09. The summed E-state index contributed by atoms with van der Waals surface area (Å²) < 4.78 is 5.73. The zero-order chi connectivity index (χ0) is 20.4. The number of aliphatic hydroxyl groups excluding tert-OH is 1. The molecule has 0 spiro atoms. The fourth-order valence-corrected chi connectivity index (χ4v) is 3.75. The molecule has 2 unspecified atom stereocenters. The van der Waals surface area contributed by atoms with Gasteiger partial charge in [0.2, 0.25) is 0 Å². The third-order valence-electron chi connectivity index (χ3n) is 5.28. The second-order valence-corrected chi connectivity index (χ2v) is 7.39. The standard InChI is InChI=1S/C22H23N3O4/c1-25-12-11-18-17(13-25)20(26)19(22(28)24-18)21(27)23-14-7-9-16(10-8-14)29-15-5-3-2-4-6-15/h2-10,17-18,26H,11-13H2,1H3,(H,23,27)(H,24,28). The molecule has 0 aliphatic carbocycles. The highest BCUT2D eigenvalue weighted by Crippen LogP contribution is 2.29. The van der Waals surface area contributed by atoms with Crippen LogP contribution >= 0.6 is 0 Å². The normalized spacial score (nSPS) is 21.9. The molecule has 1 saturated heterocycles. The summed E-state index contributed by atoms with van der Waals surface area (Å²) in [7, 11) is 1.96. The smallest absolute Gasteiger partial charge is 0.264 e. The van der Waals surface area contributed by atoms with E-state index in [0.29, 0.717) is 23.7 Å².